The third kappa shape index (κ3) is 13.7. The van der Waals surface area contributed by atoms with E-state index in [0.717, 1.165) is 0 Å². The van der Waals surface area contributed by atoms with Crippen molar-refractivity contribution in [3.8, 4) is 0 Å². The van der Waals surface area contributed by atoms with Crippen molar-refractivity contribution in [3.05, 3.63) is 19.1 Å². The monoisotopic (exact) mass is 248 g/mol. The molecule has 0 unspecified atom stereocenters. The molecule has 0 aliphatic heterocycles. The molecule has 1 heteroatoms. The zero-order chi connectivity index (χ0) is 3.41. The minimum absolute atomic E-state index is 0. The van der Waals surface area contributed by atoms with E-state index in [1.54, 1.807) is 6.08 Å². The standard InChI is InChI=1S/C4H7.Ir/c1-3-4-2;/h3-4H,1H2,2H3;/q-1;. The smallest absolute Gasteiger partial charge is 0 e. The van der Waals surface area contributed by atoms with E-state index in [9.17, 15) is 0 Å². The molecule has 0 aliphatic rings. The maximum absolute atomic E-state index is 3.42. The van der Waals surface area contributed by atoms with Gasteiger partial charge in [-0.3, -0.25) is 0 Å². The number of hydrogen-bond donors (Lipinski definition) is 0. The molecule has 0 saturated heterocycles. The van der Waals surface area contributed by atoms with Gasteiger partial charge in [0.1, 0.15) is 0 Å². The second-order valence-corrected chi connectivity index (χ2v) is 0.569. The molecule has 5 heavy (non-hydrogen) atoms. The largest absolute Gasteiger partial charge is 0.245 e. The van der Waals surface area contributed by atoms with Gasteiger partial charge in [-0.15, -0.1) is 6.92 Å². The van der Waals surface area contributed by atoms with Gasteiger partial charge in [-0.1, -0.05) is 0 Å². The van der Waals surface area contributed by atoms with Crippen molar-refractivity contribution >= 4 is 0 Å². The van der Waals surface area contributed by atoms with Gasteiger partial charge in [-0.2, -0.15) is 0 Å². The number of rotatable bonds is 0. The van der Waals surface area contributed by atoms with Crippen LogP contribution < -0.4 is 0 Å². The Labute approximate surface area is 46.6 Å². The van der Waals surface area contributed by atoms with Crippen LogP contribution in [0.4, 0.5) is 0 Å². The van der Waals surface area contributed by atoms with Gasteiger partial charge in [0.2, 0.25) is 0 Å². The van der Waals surface area contributed by atoms with E-state index in [1.165, 1.54) is 0 Å². The van der Waals surface area contributed by atoms with Crippen LogP contribution in [-0.2, 0) is 20.1 Å². The van der Waals surface area contributed by atoms with Crippen LogP contribution in [0.3, 0.4) is 0 Å². The normalized spacial score (nSPS) is 7.40. The van der Waals surface area contributed by atoms with Crippen molar-refractivity contribution in [2.75, 3.05) is 0 Å². The Bertz CT molecular complexity index is 18.8. The Morgan fingerprint density at radius 3 is 1.80 bits per heavy atom. The summed E-state index contributed by atoms with van der Waals surface area (Å²) in [5.74, 6) is 0. The average Bonchev–Trinajstić information content (AvgIpc) is 1.37. The van der Waals surface area contributed by atoms with E-state index in [0.29, 0.717) is 0 Å². The molecule has 0 aromatic rings. The summed E-state index contributed by atoms with van der Waals surface area (Å²) >= 11 is 0. The van der Waals surface area contributed by atoms with E-state index in [2.05, 4.69) is 6.92 Å². The Balaban J connectivity index is 0. The van der Waals surface area contributed by atoms with Crippen molar-refractivity contribution in [1.29, 1.82) is 0 Å². The molecule has 0 nitrogen and oxygen atoms in total. The van der Waals surface area contributed by atoms with Gasteiger partial charge in [0.25, 0.3) is 0 Å². The van der Waals surface area contributed by atoms with E-state index < -0.39 is 0 Å². The van der Waals surface area contributed by atoms with Gasteiger partial charge >= 0.3 is 0 Å². The van der Waals surface area contributed by atoms with Gasteiger partial charge in [0.05, 0.1) is 0 Å². The van der Waals surface area contributed by atoms with Crippen molar-refractivity contribution in [2.24, 2.45) is 0 Å². The second-order valence-electron chi connectivity index (χ2n) is 0.569. The maximum Gasteiger partial charge on any atom is 0 e. The first-order valence-corrected chi connectivity index (χ1v) is 1.32. The molecule has 0 N–H and O–H groups in total. The van der Waals surface area contributed by atoms with Gasteiger partial charge in [0, 0.05) is 20.1 Å². The van der Waals surface area contributed by atoms with Gasteiger partial charge < -0.3 is 0 Å². The van der Waals surface area contributed by atoms with Crippen molar-refractivity contribution in [3.63, 3.8) is 0 Å². The molecule has 0 heterocycles. The van der Waals surface area contributed by atoms with Crippen LogP contribution in [0.2, 0.25) is 0 Å². The number of allylic oxidation sites excluding steroid dienone is 2. The fraction of sp³-hybridized carbons (Fsp3) is 0.250. The molecule has 0 aromatic carbocycles. The Hall–Kier alpha value is 0.259. The summed E-state index contributed by atoms with van der Waals surface area (Å²) in [6, 6.07) is 0. The molecular formula is C4H7Ir-. The third-order valence-corrected chi connectivity index (χ3v) is 0.236. The molecule has 33 valence electrons. The van der Waals surface area contributed by atoms with Crippen LogP contribution in [0, 0.1) is 6.92 Å². The molecule has 0 aromatic heterocycles. The molecule has 0 rings (SSSR count). The minimum atomic E-state index is 0. The van der Waals surface area contributed by atoms with Crippen LogP contribution in [0.1, 0.15) is 6.92 Å². The van der Waals surface area contributed by atoms with E-state index >= 15 is 0 Å². The fourth-order valence-corrected chi connectivity index (χ4v) is 0. The maximum atomic E-state index is 3.42. The summed E-state index contributed by atoms with van der Waals surface area (Å²) < 4.78 is 0. The summed E-state index contributed by atoms with van der Waals surface area (Å²) in [7, 11) is 0. The van der Waals surface area contributed by atoms with Crippen molar-refractivity contribution < 1.29 is 20.1 Å². The molecule has 0 spiro atoms. The van der Waals surface area contributed by atoms with Gasteiger partial charge in [-0.05, 0) is 0 Å². The van der Waals surface area contributed by atoms with Crippen LogP contribution >= 0.6 is 0 Å². The zero-order valence-electron chi connectivity index (χ0n) is 3.20. The van der Waals surface area contributed by atoms with Gasteiger partial charge in [-0.25, -0.2) is 19.1 Å². The molecule has 0 bridgehead atoms. The van der Waals surface area contributed by atoms with Crippen molar-refractivity contribution in [2.45, 2.75) is 6.92 Å². The zero-order valence-corrected chi connectivity index (χ0v) is 5.59. The van der Waals surface area contributed by atoms with Gasteiger partial charge in [0.15, 0.2) is 0 Å². The fourth-order valence-electron chi connectivity index (χ4n) is 0. The molecule has 0 fully saturated rings. The molecule has 0 saturated carbocycles. The van der Waals surface area contributed by atoms with E-state index in [-0.39, 0.29) is 20.1 Å². The summed E-state index contributed by atoms with van der Waals surface area (Å²) in [5, 5.41) is 0. The average molecular weight is 247 g/mol. The van der Waals surface area contributed by atoms with Crippen LogP contribution in [-0.4, -0.2) is 0 Å². The first-order valence-electron chi connectivity index (χ1n) is 1.32. The Morgan fingerprint density at radius 1 is 1.60 bits per heavy atom. The first kappa shape index (κ1) is 8.98. The summed E-state index contributed by atoms with van der Waals surface area (Å²) in [6.07, 6.45) is 3.64. The summed E-state index contributed by atoms with van der Waals surface area (Å²) in [6.45, 7) is 5.36. The van der Waals surface area contributed by atoms with E-state index in [1.807, 2.05) is 13.0 Å². The minimum Gasteiger partial charge on any atom is -0.245 e. The second kappa shape index (κ2) is 8.86. The van der Waals surface area contributed by atoms with Crippen LogP contribution in [0.25, 0.3) is 0 Å². The topological polar surface area (TPSA) is 0 Å². The third-order valence-electron chi connectivity index (χ3n) is 0.236. The summed E-state index contributed by atoms with van der Waals surface area (Å²) in [5.41, 5.74) is 0. The predicted molar refractivity (Wildman–Crippen MR) is 20.2 cm³/mol. The van der Waals surface area contributed by atoms with E-state index in [4.69, 9.17) is 0 Å². The quantitative estimate of drug-likeness (QED) is 0.568. The molecule has 0 aliphatic carbocycles. The Morgan fingerprint density at radius 2 is 1.80 bits per heavy atom. The van der Waals surface area contributed by atoms with Crippen LogP contribution in [0.15, 0.2) is 12.2 Å². The Kier molecular flexibility index (Phi) is 15.9. The van der Waals surface area contributed by atoms with Crippen LogP contribution in [0.5, 0.6) is 0 Å². The molecule has 0 amide bonds. The SMILES string of the molecule is [CH2-]C=CC.[Ir]. The predicted octanol–water partition coefficient (Wildman–Crippen LogP) is 1.39. The number of hydrogen-bond acceptors (Lipinski definition) is 0. The summed E-state index contributed by atoms with van der Waals surface area (Å²) in [4.78, 5) is 0. The molecule has 1 radical (unpaired) electrons. The molecule has 0 atom stereocenters. The van der Waals surface area contributed by atoms with Crippen molar-refractivity contribution in [1.82, 2.24) is 0 Å². The first-order chi connectivity index (χ1) is 1.91. The molecular weight excluding hydrogens is 240 g/mol.